The normalized spacial score (nSPS) is 17.0. The summed E-state index contributed by atoms with van der Waals surface area (Å²) in [6.45, 7) is 0.0553. The molecule has 2 amide bonds. The molecule has 0 spiro atoms. The first-order chi connectivity index (χ1) is 11.9. The standard InChI is InChI=1S/C17H12ClF3N2O2/c18-10-3-1-2-4-13(10)23-8-9(7-14(23)24)17(25)22-12-6-5-11(19)15(20)16(12)21/h1-6,9H,7-8H2,(H,22,25). The van der Waals surface area contributed by atoms with Gasteiger partial charge in [0, 0.05) is 13.0 Å². The van der Waals surface area contributed by atoms with E-state index in [0.29, 0.717) is 16.8 Å². The number of carbonyl (C=O) groups excluding carboxylic acids is 2. The summed E-state index contributed by atoms with van der Waals surface area (Å²) in [7, 11) is 0. The van der Waals surface area contributed by atoms with Gasteiger partial charge in [0.25, 0.3) is 0 Å². The first kappa shape index (κ1) is 17.3. The van der Waals surface area contributed by atoms with E-state index in [0.717, 1.165) is 6.07 Å². The van der Waals surface area contributed by atoms with Crippen molar-refractivity contribution in [1.29, 1.82) is 0 Å². The van der Waals surface area contributed by atoms with Crippen molar-refractivity contribution in [1.82, 2.24) is 0 Å². The van der Waals surface area contributed by atoms with Crippen LogP contribution in [0.25, 0.3) is 0 Å². The SMILES string of the molecule is O=C(Nc1ccc(F)c(F)c1F)C1CC(=O)N(c2ccccc2Cl)C1. The maximum atomic E-state index is 13.7. The lowest BCUT2D eigenvalue weighted by Crippen LogP contribution is -2.28. The molecule has 1 unspecified atom stereocenters. The quantitative estimate of drug-likeness (QED) is 0.839. The van der Waals surface area contributed by atoms with E-state index < -0.39 is 35.0 Å². The number of benzene rings is 2. The van der Waals surface area contributed by atoms with Crippen LogP contribution in [0.4, 0.5) is 24.5 Å². The van der Waals surface area contributed by atoms with Crippen molar-refractivity contribution in [3.63, 3.8) is 0 Å². The maximum absolute atomic E-state index is 13.7. The van der Waals surface area contributed by atoms with E-state index in [1.54, 1.807) is 24.3 Å². The monoisotopic (exact) mass is 368 g/mol. The average Bonchev–Trinajstić information content (AvgIpc) is 2.97. The third kappa shape index (κ3) is 3.32. The summed E-state index contributed by atoms with van der Waals surface area (Å²) in [6, 6.07) is 8.32. The first-order valence-corrected chi connectivity index (χ1v) is 7.75. The Kier molecular flexibility index (Phi) is 4.67. The Balaban J connectivity index is 1.76. The molecule has 1 saturated heterocycles. The molecule has 0 aliphatic carbocycles. The predicted molar refractivity (Wildman–Crippen MR) is 86.9 cm³/mol. The van der Waals surface area contributed by atoms with Gasteiger partial charge < -0.3 is 10.2 Å². The van der Waals surface area contributed by atoms with Crippen LogP contribution in [0.3, 0.4) is 0 Å². The molecule has 0 saturated carbocycles. The Morgan fingerprint density at radius 1 is 1.12 bits per heavy atom. The lowest BCUT2D eigenvalue weighted by Gasteiger charge is -2.18. The molecule has 8 heteroatoms. The van der Waals surface area contributed by atoms with E-state index in [2.05, 4.69) is 5.32 Å². The molecule has 0 aromatic heterocycles. The number of amides is 2. The van der Waals surface area contributed by atoms with Crippen LogP contribution in [0, 0.1) is 23.4 Å². The molecule has 2 aromatic rings. The highest BCUT2D eigenvalue weighted by molar-refractivity contribution is 6.33. The van der Waals surface area contributed by atoms with Gasteiger partial charge in [0.05, 0.1) is 22.3 Å². The molecule has 1 heterocycles. The van der Waals surface area contributed by atoms with E-state index in [9.17, 15) is 22.8 Å². The van der Waals surface area contributed by atoms with Gasteiger partial charge in [0.15, 0.2) is 17.5 Å². The number of para-hydroxylation sites is 1. The number of halogens is 4. The summed E-state index contributed by atoms with van der Waals surface area (Å²) >= 11 is 6.06. The fourth-order valence-electron chi connectivity index (χ4n) is 2.64. The largest absolute Gasteiger partial charge is 0.323 e. The van der Waals surface area contributed by atoms with Crippen LogP contribution in [-0.2, 0) is 9.59 Å². The highest BCUT2D eigenvalue weighted by atomic mass is 35.5. The van der Waals surface area contributed by atoms with Crippen LogP contribution in [0.5, 0.6) is 0 Å². The Labute approximate surface area is 146 Å². The fourth-order valence-corrected chi connectivity index (χ4v) is 2.88. The van der Waals surface area contributed by atoms with Gasteiger partial charge in [-0.3, -0.25) is 9.59 Å². The van der Waals surface area contributed by atoms with Crippen molar-refractivity contribution in [3.8, 4) is 0 Å². The van der Waals surface area contributed by atoms with Gasteiger partial charge in [-0.15, -0.1) is 0 Å². The van der Waals surface area contributed by atoms with Gasteiger partial charge in [-0.1, -0.05) is 23.7 Å². The molecule has 1 atom stereocenters. The molecular weight excluding hydrogens is 357 g/mol. The number of rotatable bonds is 3. The Hall–Kier alpha value is -2.54. The van der Waals surface area contributed by atoms with Crippen LogP contribution in [0.1, 0.15) is 6.42 Å². The minimum absolute atomic E-state index is 0.0553. The first-order valence-electron chi connectivity index (χ1n) is 7.37. The molecule has 1 aliphatic heterocycles. The maximum Gasteiger partial charge on any atom is 0.229 e. The summed E-state index contributed by atoms with van der Waals surface area (Å²) < 4.78 is 39.8. The Morgan fingerprint density at radius 2 is 1.84 bits per heavy atom. The lowest BCUT2D eigenvalue weighted by molar-refractivity contribution is -0.122. The number of anilines is 2. The van der Waals surface area contributed by atoms with Gasteiger partial charge in [0.1, 0.15) is 0 Å². The number of hydrogen-bond acceptors (Lipinski definition) is 2. The van der Waals surface area contributed by atoms with Crippen molar-refractivity contribution in [2.75, 3.05) is 16.8 Å². The molecule has 2 aromatic carbocycles. The molecule has 130 valence electrons. The molecule has 0 bridgehead atoms. The van der Waals surface area contributed by atoms with Crippen molar-refractivity contribution >= 4 is 34.8 Å². The Bertz CT molecular complexity index is 860. The van der Waals surface area contributed by atoms with Crippen LogP contribution in [0.2, 0.25) is 5.02 Å². The van der Waals surface area contributed by atoms with Gasteiger partial charge >= 0.3 is 0 Å². The second-order valence-corrected chi connectivity index (χ2v) is 5.98. The molecule has 1 fully saturated rings. The van der Waals surface area contributed by atoms with E-state index in [4.69, 9.17) is 11.6 Å². The zero-order valence-corrected chi connectivity index (χ0v) is 13.5. The highest BCUT2D eigenvalue weighted by Crippen LogP contribution is 2.31. The van der Waals surface area contributed by atoms with Crippen LogP contribution in [-0.4, -0.2) is 18.4 Å². The van der Waals surface area contributed by atoms with E-state index in [1.165, 1.54) is 4.90 Å². The zero-order valence-electron chi connectivity index (χ0n) is 12.7. The summed E-state index contributed by atoms with van der Waals surface area (Å²) in [6.07, 6.45) is -0.0949. The number of nitrogens with one attached hydrogen (secondary N) is 1. The molecule has 0 radical (unpaired) electrons. The summed E-state index contributed by atoms with van der Waals surface area (Å²) in [5, 5.41) is 2.56. The van der Waals surface area contributed by atoms with Crippen LogP contribution in [0.15, 0.2) is 36.4 Å². The zero-order chi connectivity index (χ0) is 18.1. The van der Waals surface area contributed by atoms with E-state index >= 15 is 0 Å². The van der Waals surface area contributed by atoms with E-state index in [1.807, 2.05) is 0 Å². The van der Waals surface area contributed by atoms with Crippen molar-refractivity contribution in [3.05, 3.63) is 58.9 Å². The topological polar surface area (TPSA) is 49.4 Å². The average molecular weight is 369 g/mol. The lowest BCUT2D eigenvalue weighted by atomic mass is 10.1. The van der Waals surface area contributed by atoms with Gasteiger partial charge in [-0.2, -0.15) is 0 Å². The van der Waals surface area contributed by atoms with Crippen LogP contribution >= 0.6 is 11.6 Å². The molecule has 1 N–H and O–H groups in total. The fraction of sp³-hybridized carbons (Fsp3) is 0.176. The second kappa shape index (κ2) is 6.76. The minimum Gasteiger partial charge on any atom is -0.323 e. The van der Waals surface area contributed by atoms with Crippen LogP contribution < -0.4 is 10.2 Å². The number of carbonyl (C=O) groups is 2. The Morgan fingerprint density at radius 3 is 2.56 bits per heavy atom. The molecule has 4 nitrogen and oxygen atoms in total. The highest BCUT2D eigenvalue weighted by Gasteiger charge is 2.36. The molecule has 3 rings (SSSR count). The molecule has 1 aliphatic rings. The van der Waals surface area contributed by atoms with Crippen molar-refractivity contribution in [2.45, 2.75) is 6.42 Å². The molecular formula is C17H12ClF3N2O2. The minimum atomic E-state index is -1.67. The van der Waals surface area contributed by atoms with Gasteiger partial charge in [-0.05, 0) is 24.3 Å². The smallest absolute Gasteiger partial charge is 0.229 e. The summed E-state index contributed by atoms with van der Waals surface area (Å²) in [4.78, 5) is 25.8. The number of hydrogen-bond donors (Lipinski definition) is 1. The van der Waals surface area contributed by atoms with E-state index in [-0.39, 0.29) is 18.9 Å². The van der Waals surface area contributed by atoms with Gasteiger partial charge in [0.2, 0.25) is 11.8 Å². The summed E-state index contributed by atoms with van der Waals surface area (Å²) in [5.74, 6) is -6.24. The van der Waals surface area contributed by atoms with Gasteiger partial charge in [-0.25, -0.2) is 13.2 Å². The number of nitrogens with zero attached hydrogens (tertiary/aromatic N) is 1. The van der Waals surface area contributed by atoms with Crippen molar-refractivity contribution in [2.24, 2.45) is 5.92 Å². The summed E-state index contributed by atoms with van der Waals surface area (Å²) in [5.41, 5.74) is -0.00369. The third-order valence-corrected chi connectivity index (χ3v) is 4.25. The molecule has 25 heavy (non-hydrogen) atoms. The second-order valence-electron chi connectivity index (χ2n) is 5.57. The third-order valence-electron chi connectivity index (χ3n) is 3.93. The predicted octanol–water partition coefficient (Wildman–Crippen LogP) is 3.75. The van der Waals surface area contributed by atoms with Crippen molar-refractivity contribution < 1.29 is 22.8 Å².